The van der Waals surface area contributed by atoms with Crippen LogP contribution in [0.25, 0.3) is 0 Å². The second-order valence-corrected chi connectivity index (χ2v) is 5.43. The van der Waals surface area contributed by atoms with Crippen molar-refractivity contribution in [3.05, 3.63) is 0 Å². The number of hydrogen-bond acceptors (Lipinski definition) is 3. The highest BCUT2D eigenvalue weighted by Crippen LogP contribution is 2.22. The van der Waals surface area contributed by atoms with E-state index in [0.717, 1.165) is 19.3 Å². The van der Waals surface area contributed by atoms with E-state index in [0.29, 0.717) is 0 Å². The number of likely N-dealkylation sites (N-methyl/N-ethyl adjacent to an activating group) is 1. The quantitative estimate of drug-likeness (QED) is 0.779. The minimum absolute atomic E-state index is 0.165. The molecule has 116 valence electrons. The van der Waals surface area contributed by atoms with Crippen LogP contribution in [0.3, 0.4) is 0 Å². The predicted molar refractivity (Wildman–Crippen MR) is 75.6 cm³/mol. The zero-order valence-electron chi connectivity index (χ0n) is 12.8. The number of urea groups is 1. The molecular weight excluding hydrogens is 260 g/mol. The van der Waals surface area contributed by atoms with Gasteiger partial charge in [-0.3, -0.25) is 4.79 Å². The highest BCUT2D eigenvalue weighted by Gasteiger charge is 2.39. The van der Waals surface area contributed by atoms with Crippen molar-refractivity contribution < 1.29 is 19.4 Å². The van der Waals surface area contributed by atoms with Gasteiger partial charge in [-0.25, -0.2) is 4.79 Å². The zero-order chi connectivity index (χ0) is 15.3. The Morgan fingerprint density at radius 1 is 1.25 bits per heavy atom. The Labute approximate surface area is 120 Å². The van der Waals surface area contributed by atoms with Crippen LogP contribution in [-0.2, 0) is 9.53 Å². The van der Waals surface area contributed by atoms with Crippen LogP contribution < -0.4 is 5.32 Å². The molecule has 20 heavy (non-hydrogen) atoms. The Morgan fingerprint density at radius 3 is 2.25 bits per heavy atom. The maximum absolute atomic E-state index is 12.4. The molecule has 0 aromatic heterocycles. The molecule has 0 aromatic rings. The van der Waals surface area contributed by atoms with E-state index >= 15 is 0 Å². The molecule has 0 saturated carbocycles. The van der Waals surface area contributed by atoms with E-state index in [2.05, 4.69) is 5.32 Å². The largest absolute Gasteiger partial charge is 0.481 e. The van der Waals surface area contributed by atoms with Crippen LogP contribution in [0.5, 0.6) is 0 Å². The Morgan fingerprint density at radius 2 is 1.80 bits per heavy atom. The molecule has 1 rings (SSSR count). The summed E-state index contributed by atoms with van der Waals surface area (Å²) in [7, 11) is 1.64. The van der Waals surface area contributed by atoms with Gasteiger partial charge in [-0.15, -0.1) is 0 Å². The number of carboxylic acid groups (broad SMARTS) is 1. The van der Waals surface area contributed by atoms with Crippen LogP contribution in [0.2, 0.25) is 0 Å². The summed E-state index contributed by atoms with van der Waals surface area (Å²) in [6.07, 6.45) is 2.55. The maximum atomic E-state index is 12.4. The maximum Gasteiger partial charge on any atom is 0.317 e. The first-order valence-electron chi connectivity index (χ1n) is 7.26. The fourth-order valence-corrected chi connectivity index (χ4v) is 2.64. The third-order valence-corrected chi connectivity index (χ3v) is 4.59. The lowest BCUT2D eigenvalue weighted by Crippen LogP contribution is -2.55. The molecule has 1 heterocycles. The van der Waals surface area contributed by atoms with Gasteiger partial charge in [0.15, 0.2) is 0 Å². The fraction of sp³-hybridized carbons (Fsp3) is 0.857. The molecule has 0 radical (unpaired) electrons. The number of aliphatic carboxylic acids is 1. The van der Waals surface area contributed by atoms with E-state index in [-0.39, 0.29) is 24.8 Å². The van der Waals surface area contributed by atoms with Crippen LogP contribution in [0.1, 0.15) is 40.0 Å². The van der Waals surface area contributed by atoms with E-state index in [1.165, 1.54) is 4.90 Å². The molecule has 6 heteroatoms. The normalized spacial score (nSPS) is 22.6. The van der Waals surface area contributed by atoms with E-state index in [1.54, 1.807) is 7.05 Å². The average Bonchev–Trinajstić information content (AvgIpc) is 2.93. The molecule has 6 nitrogen and oxygen atoms in total. The van der Waals surface area contributed by atoms with Crippen molar-refractivity contribution in [2.45, 2.75) is 51.6 Å². The van der Waals surface area contributed by atoms with E-state index in [9.17, 15) is 9.59 Å². The van der Waals surface area contributed by atoms with Gasteiger partial charge in [-0.1, -0.05) is 20.8 Å². The number of ether oxygens (including phenoxy) is 1. The van der Waals surface area contributed by atoms with Crippen molar-refractivity contribution in [2.75, 3.05) is 20.3 Å². The van der Waals surface area contributed by atoms with E-state index < -0.39 is 17.9 Å². The highest BCUT2D eigenvalue weighted by molar-refractivity contribution is 5.77. The molecule has 1 aliphatic heterocycles. The fourth-order valence-electron chi connectivity index (χ4n) is 2.64. The molecule has 1 aliphatic rings. The lowest BCUT2D eigenvalue weighted by Gasteiger charge is -2.35. The van der Waals surface area contributed by atoms with Gasteiger partial charge in [0.05, 0.1) is 19.3 Å². The van der Waals surface area contributed by atoms with Crippen LogP contribution in [0, 0.1) is 5.92 Å². The SMILES string of the molecule is CCC(CC)(CC)NC(=O)N(C)C1COCC1C(=O)O. The van der Waals surface area contributed by atoms with Gasteiger partial charge < -0.3 is 20.1 Å². The van der Waals surface area contributed by atoms with Crippen molar-refractivity contribution in [1.82, 2.24) is 10.2 Å². The summed E-state index contributed by atoms with van der Waals surface area (Å²) < 4.78 is 5.21. The molecule has 2 N–H and O–H groups in total. The molecule has 0 aromatic carbocycles. The van der Waals surface area contributed by atoms with Gasteiger partial charge in [0, 0.05) is 12.6 Å². The lowest BCUT2D eigenvalue weighted by atomic mass is 9.90. The monoisotopic (exact) mass is 286 g/mol. The summed E-state index contributed by atoms with van der Waals surface area (Å²) in [5.74, 6) is -1.56. The summed E-state index contributed by atoms with van der Waals surface area (Å²) in [6.45, 7) is 6.58. The summed E-state index contributed by atoms with van der Waals surface area (Å²) in [6, 6.07) is -0.631. The number of nitrogens with one attached hydrogen (secondary N) is 1. The van der Waals surface area contributed by atoms with Crippen molar-refractivity contribution in [3.63, 3.8) is 0 Å². The summed E-state index contributed by atoms with van der Waals surface area (Å²) in [4.78, 5) is 25.0. The summed E-state index contributed by atoms with van der Waals surface area (Å²) >= 11 is 0. The number of carbonyl (C=O) groups is 2. The topological polar surface area (TPSA) is 78.9 Å². The van der Waals surface area contributed by atoms with Crippen LogP contribution in [-0.4, -0.2) is 53.8 Å². The molecule has 0 bridgehead atoms. The second-order valence-electron chi connectivity index (χ2n) is 5.43. The van der Waals surface area contributed by atoms with Crippen molar-refractivity contribution in [3.8, 4) is 0 Å². The van der Waals surface area contributed by atoms with Gasteiger partial charge >= 0.3 is 12.0 Å². The minimum Gasteiger partial charge on any atom is -0.481 e. The molecule has 2 amide bonds. The second kappa shape index (κ2) is 6.92. The van der Waals surface area contributed by atoms with Gasteiger partial charge in [-0.05, 0) is 19.3 Å². The highest BCUT2D eigenvalue weighted by atomic mass is 16.5. The van der Waals surface area contributed by atoms with Crippen molar-refractivity contribution in [2.24, 2.45) is 5.92 Å². The number of hydrogen-bond donors (Lipinski definition) is 2. The Kier molecular flexibility index (Phi) is 5.80. The zero-order valence-corrected chi connectivity index (χ0v) is 12.8. The first kappa shape index (κ1) is 16.8. The standard InChI is InChI=1S/C14H26N2O4/c1-5-14(6-2,7-3)15-13(19)16(4)11-9-20-8-10(11)12(17)18/h10-11H,5-9H2,1-4H3,(H,15,19)(H,17,18). The molecule has 2 atom stereocenters. The molecule has 0 spiro atoms. The number of carboxylic acids is 1. The first-order valence-corrected chi connectivity index (χ1v) is 7.26. The molecule has 1 fully saturated rings. The Hall–Kier alpha value is -1.30. The molecule has 0 aliphatic carbocycles. The third kappa shape index (κ3) is 3.42. The van der Waals surface area contributed by atoms with Gasteiger partial charge in [0.25, 0.3) is 0 Å². The smallest absolute Gasteiger partial charge is 0.317 e. The van der Waals surface area contributed by atoms with Crippen molar-refractivity contribution in [1.29, 1.82) is 0 Å². The van der Waals surface area contributed by atoms with Crippen LogP contribution in [0.4, 0.5) is 4.79 Å². The van der Waals surface area contributed by atoms with Gasteiger partial charge in [0.2, 0.25) is 0 Å². The van der Waals surface area contributed by atoms with Crippen molar-refractivity contribution >= 4 is 12.0 Å². The minimum atomic E-state index is -0.917. The Bertz CT molecular complexity index is 347. The number of carbonyl (C=O) groups excluding carboxylic acids is 1. The van der Waals surface area contributed by atoms with E-state index in [1.807, 2.05) is 20.8 Å². The lowest BCUT2D eigenvalue weighted by molar-refractivity contribution is -0.142. The van der Waals surface area contributed by atoms with Gasteiger partial charge in [0.1, 0.15) is 5.92 Å². The number of amides is 2. The van der Waals surface area contributed by atoms with Crippen LogP contribution >= 0.6 is 0 Å². The molecule has 1 saturated heterocycles. The third-order valence-electron chi connectivity index (χ3n) is 4.59. The Balaban J connectivity index is 2.74. The van der Waals surface area contributed by atoms with Gasteiger partial charge in [-0.2, -0.15) is 0 Å². The van der Waals surface area contributed by atoms with E-state index in [4.69, 9.17) is 9.84 Å². The summed E-state index contributed by atoms with van der Waals surface area (Å²) in [5.41, 5.74) is -0.219. The predicted octanol–water partition coefficient (Wildman–Crippen LogP) is 1.70. The summed E-state index contributed by atoms with van der Waals surface area (Å²) in [5, 5.41) is 12.2. The molecular formula is C14H26N2O4. The first-order chi connectivity index (χ1) is 9.40. The van der Waals surface area contributed by atoms with Crippen LogP contribution in [0.15, 0.2) is 0 Å². The molecule has 2 unspecified atom stereocenters. The average molecular weight is 286 g/mol. The number of nitrogens with zero attached hydrogens (tertiary/aromatic N) is 1. The number of rotatable bonds is 6.